The molecule has 0 unspecified atom stereocenters. The van der Waals surface area contributed by atoms with Crippen molar-refractivity contribution in [1.82, 2.24) is 14.7 Å². The first-order valence-electron chi connectivity index (χ1n) is 8.44. The minimum atomic E-state index is -3.72. The summed E-state index contributed by atoms with van der Waals surface area (Å²) >= 11 is 0. The highest BCUT2D eigenvalue weighted by Crippen LogP contribution is 2.28. The van der Waals surface area contributed by atoms with Crippen LogP contribution in [0.4, 0.5) is 11.6 Å². The van der Waals surface area contributed by atoms with Gasteiger partial charge in [0.15, 0.2) is 0 Å². The summed E-state index contributed by atoms with van der Waals surface area (Å²) in [5.74, 6) is 2.70. The molecule has 0 bridgehead atoms. The van der Waals surface area contributed by atoms with Gasteiger partial charge in [0.2, 0.25) is 10.0 Å². The third-order valence-corrected chi connectivity index (χ3v) is 5.08. The molecule has 0 aliphatic carbocycles. The van der Waals surface area contributed by atoms with Crippen LogP contribution in [0.2, 0.25) is 0 Å². The summed E-state index contributed by atoms with van der Waals surface area (Å²) in [6.07, 6.45) is 0. The standard InChI is InChI=1S/C17H25N5O4S/c1-5-18-16-11-17(22-12(2)21-16)19-8-9-20-27(23,24)15-7-6-13(25-3)10-14(15)26-4/h6-7,10-11,20H,5,8-9H2,1-4H3,(H2,18,19,21,22). The van der Waals surface area contributed by atoms with E-state index >= 15 is 0 Å². The second-order valence-electron chi connectivity index (χ2n) is 5.56. The van der Waals surface area contributed by atoms with E-state index in [2.05, 4.69) is 25.3 Å². The summed E-state index contributed by atoms with van der Waals surface area (Å²) in [4.78, 5) is 8.60. The summed E-state index contributed by atoms with van der Waals surface area (Å²) in [6.45, 7) is 5.06. The zero-order valence-corrected chi connectivity index (χ0v) is 16.7. The first-order chi connectivity index (χ1) is 12.9. The fraction of sp³-hybridized carbons (Fsp3) is 0.412. The summed E-state index contributed by atoms with van der Waals surface area (Å²) in [5, 5.41) is 6.21. The molecule has 1 heterocycles. The van der Waals surface area contributed by atoms with Gasteiger partial charge in [0.1, 0.15) is 33.9 Å². The van der Waals surface area contributed by atoms with E-state index in [1.165, 1.54) is 26.4 Å². The van der Waals surface area contributed by atoms with E-state index in [4.69, 9.17) is 9.47 Å². The van der Waals surface area contributed by atoms with E-state index in [-0.39, 0.29) is 17.2 Å². The van der Waals surface area contributed by atoms with Crippen LogP contribution in [-0.2, 0) is 10.0 Å². The number of rotatable bonds is 10. The zero-order valence-electron chi connectivity index (χ0n) is 15.9. The van der Waals surface area contributed by atoms with Crippen LogP contribution in [0, 0.1) is 6.92 Å². The molecule has 9 nitrogen and oxygen atoms in total. The molecule has 27 heavy (non-hydrogen) atoms. The molecule has 2 rings (SSSR count). The van der Waals surface area contributed by atoms with Gasteiger partial charge >= 0.3 is 0 Å². The molecular weight excluding hydrogens is 370 g/mol. The van der Waals surface area contributed by atoms with Crippen LogP contribution < -0.4 is 24.8 Å². The number of nitrogens with zero attached hydrogens (tertiary/aromatic N) is 2. The first-order valence-corrected chi connectivity index (χ1v) is 9.93. The van der Waals surface area contributed by atoms with Crippen molar-refractivity contribution in [3.63, 3.8) is 0 Å². The van der Waals surface area contributed by atoms with E-state index < -0.39 is 10.0 Å². The third kappa shape index (κ3) is 5.69. The Bertz CT molecular complexity index is 874. The maximum absolute atomic E-state index is 12.5. The van der Waals surface area contributed by atoms with E-state index in [1.54, 1.807) is 19.1 Å². The maximum Gasteiger partial charge on any atom is 0.244 e. The molecule has 0 aliphatic rings. The number of nitrogens with one attached hydrogen (secondary N) is 3. The fourth-order valence-electron chi connectivity index (χ4n) is 2.38. The second-order valence-corrected chi connectivity index (χ2v) is 7.29. The van der Waals surface area contributed by atoms with Crippen molar-refractivity contribution < 1.29 is 17.9 Å². The van der Waals surface area contributed by atoms with Crippen LogP contribution in [0.25, 0.3) is 0 Å². The SMILES string of the molecule is CCNc1cc(NCCNS(=O)(=O)c2ccc(OC)cc2OC)nc(C)n1. The number of hydrogen-bond donors (Lipinski definition) is 3. The minimum absolute atomic E-state index is 0.0538. The van der Waals surface area contributed by atoms with Gasteiger partial charge in [0.05, 0.1) is 14.2 Å². The Hall–Kier alpha value is -2.59. The molecule has 0 radical (unpaired) electrons. The number of sulfonamides is 1. The number of ether oxygens (including phenoxy) is 2. The molecule has 0 saturated heterocycles. The fourth-order valence-corrected chi connectivity index (χ4v) is 3.56. The molecule has 0 atom stereocenters. The number of hydrogen-bond acceptors (Lipinski definition) is 8. The molecule has 0 spiro atoms. The Morgan fingerprint density at radius 1 is 1.00 bits per heavy atom. The molecule has 2 aromatic rings. The van der Waals surface area contributed by atoms with Gasteiger partial charge in [-0.05, 0) is 26.0 Å². The van der Waals surface area contributed by atoms with Gasteiger partial charge in [-0.3, -0.25) is 0 Å². The second kappa shape index (κ2) is 9.38. The van der Waals surface area contributed by atoms with E-state index in [9.17, 15) is 8.42 Å². The zero-order chi connectivity index (χ0) is 19.9. The van der Waals surface area contributed by atoms with Crippen LogP contribution in [0.1, 0.15) is 12.7 Å². The van der Waals surface area contributed by atoms with Gasteiger partial charge < -0.3 is 20.1 Å². The lowest BCUT2D eigenvalue weighted by Crippen LogP contribution is -2.29. The number of aryl methyl sites for hydroxylation is 1. The average molecular weight is 395 g/mol. The molecule has 0 aliphatic heterocycles. The van der Waals surface area contributed by atoms with Gasteiger partial charge in [-0.25, -0.2) is 23.1 Å². The molecule has 1 aromatic heterocycles. The third-order valence-electron chi connectivity index (χ3n) is 3.58. The van der Waals surface area contributed by atoms with Crippen LogP contribution in [0.3, 0.4) is 0 Å². The molecule has 0 amide bonds. The van der Waals surface area contributed by atoms with Crippen molar-refractivity contribution in [3.8, 4) is 11.5 Å². The van der Waals surface area contributed by atoms with Crippen molar-refractivity contribution in [2.24, 2.45) is 0 Å². The quantitative estimate of drug-likeness (QED) is 0.520. The van der Waals surface area contributed by atoms with Crippen molar-refractivity contribution in [1.29, 1.82) is 0 Å². The predicted octanol–water partition coefficient (Wildman–Crippen LogP) is 1.62. The van der Waals surface area contributed by atoms with E-state index in [0.717, 1.165) is 12.4 Å². The topological polar surface area (TPSA) is 114 Å². The summed E-state index contributed by atoms with van der Waals surface area (Å²) in [7, 11) is -0.808. The Kier molecular flexibility index (Phi) is 7.19. The molecule has 1 aromatic carbocycles. The smallest absolute Gasteiger partial charge is 0.244 e. The molecule has 0 fully saturated rings. The predicted molar refractivity (Wildman–Crippen MR) is 104 cm³/mol. The van der Waals surface area contributed by atoms with E-state index in [0.29, 0.717) is 23.9 Å². The van der Waals surface area contributed by atoms with Crippen molar-refractivity contribution in [2.75, 3.05) is 44.5 Å². The lowest BCUT2D eigenvalue weighted by atomic mass is 10.3. The van der Waals surface area contributed by atoms with Crippen LogP contribution in [-0.4, -0.2) is 52.2 Å². The molecule has 0 saturated carbocycles. The van der Waals surface area contributed by atoms with Gasteiger partial charge in [-0.2, -0.15) is 0 Å². The minimum Gasteiger partial charge on any atom is -0.497 e. The van der Waals surface area contributed by atoms with Crippen molar-refractivity contribution in [2.45, 2.75) is 18.7 Å². The highest BCUT2D eigenvalue weighted by Gasteiger charge is 2.19. The van der Waals surface area contributed by atoms with Crippen molar-refractivity contribution in [3.05, 3.63) is 30.1 Å². The van der Waals surface area contributed by atoms with Crippen molar-refractivity contribution >= 4 is 21.7 Å². The number of benzene rings is 1. The lowest BCUT2D eigenvalue weighted by molar-refractivity contribution is 0.386. The van der Waals surface area contributed by atoms with Crippen LogP contribution in [0.15, 0.2) is 29.2 Å². The average Bonchev–Trinajstić information content (AvgIpc) is 2.64. The van der Waals surface area contributed by atoms with Gasteiger partial charge in [0.25, 0.3) is 0 Å². The van der Waals surface area contributed by atoms with Gasteiger partial charge in [-0.15, -0.1) is 0 Å². The molecular formula is C17H25N5O4S. The largest absolute Gasteiger partial charge is 0.497 e. The van der Waals surface area contributed by atoms with Gasteiger partial charge in [-0.1, -0.05) is 0 Å². The maximum atomic E-state index is 12.5. The highest BCUT2D eigenvalue weighted by molar-refractivity contribution is 7.89. The Morgan fingerprint density at radius 3 is 2.33 bits per heavy atom. The normalized spacial score (nSPS) is 11.1. The number of methoxy groups -OCH3 is 2. The van der Waals surface area contributed by atoms with E-state index in [1.807, 2.05) is 6.92 Å². The van der Waals surface area contributed by atoms with Gasteiger partial charge in [0, 0.05) is 31.8 Å². The molecule has 10 heteroatoms. The Balaban J connectivity index is 1.98. The first kappa shape index (κ1) is 20.7. The Morgan fingerprint density at radius 2 is 1.70 bits per heavy atom. The summed E-state index contributed by atoms with van der Waals surface area (Å²) < 4.78 is 37.8. The molecule has 148 valence electrons. The summed E-state index contributed by atoms with van der Waals surface area (Å²) in [5.41, 5.74) is 0. The highest BCUT2D eigenvalue weighted by atomic mass is 32.2. The van der Waals surface area contributed by atoms with Crippen LogP contribution >= 0.6 is 0 Å². The number of aromatic nitrogens is 2. The Labute approximate surface area is 159 Å². The molecule has 3 N–H and O–H groups in total. The summed E-state index contributed by atoms with van der Waals surface area (Å²) in [6, 6.07) is 6.32. The lowest BCUT2D eigenvalue weighted by Gasteiger charge is -2.13. The number of anilines is 2. The van der Waals surface area contributed by atoms with Crippen LogP contribution in [0.5, 0.6) is 11.5 Å². The monoisotopic (exact) mass is 395 g/mol.